The molecule has 1 aromatic carbocycles. The smallest absolute Gasteiger partial charge is 0.256 e. The first-order chi connectivity index (χ1) is 11.6. The van der Waals surface area contributed by atoms with Crippen LogP contribution < -0.4 is 5.73 Å². The number of rotatable bonds is 3. The van der Waals surface area contributed by atoms with Crippen molar-refractivity contribution in [3.63, 3.8) is 0 Å². The Bertz CT molecular complexity index is 705. The number of carbonyl (C=O) groups excluding carboxylic acids is 1. The molecule has 0 bridgehead atoms. The third kappa shape index (κ3) is 3.83. The molecule has 0 spiro atoms. The monoisotopic (exact) mass is 326 g/mol. The molecule has 6 nitrogen and oxygen atoms in total. The molecule has 1 aromatic heterocycles. The minimum absolute atomic E-state index is 0.0561. The quantitative estimate of drug-likeness (QED) is 0.663. The number of benzene rings is 1. The van der Waals surface area contributed by atoms with E-state index in [-0.39, 0.29) is 11.7 Å². The second-order valence-electron chi connectivity index (χ2n) is 6.05. The Morgan fingerprint density at radius 3 is 2.88 bits per heavy atom. The summed E-state index contributed by atoms with van der Waals surface area (Å²) in [6, 6.07) is 8.50. The van der Waals surface area contributed by atoms with Gasteiger partial charge in [0.15, 0.2) is 0 Å². The lowest BCUT2D eigenvalue weighted by Gasteiger charge is -2.22. The van der Waals surface area contributed by atoms with Crippen LogP contribution in [0, 0.1) is 0 Å². The summed E-state index contributed by atoms with van der Waals surface area (Å²) < 4.78 is 0. The molecule has 1 aliphatic rings. The molecule has 0 atom stereocenters. The molecule has 1 saturated heterocycles. The zero-order chi connectivity index (χ0) is 16.9. The lowest BCUT2D eigenvalue weighted by Crippen LogP contribution is -2.35. The van der Waals surface area contributed by atoms with Crippen LogP contribution in [0.4, 0.5) is 5.69 Å². The van der Waals surface area contributed by atoms with Gasteiger partial charge in [0.1, 0.15) is 5.75 Å². The average molecular weight is 326 g/mol. The summed E-state index contributed by atoms with van der Waals surface area (Å²) in [7, 11) is 0. The van der Waals surface area contributed by atoms with E-state index in [1.807, 2.05) is 17.2 Å². The van der Waals surface area contributed by atoms with Crippen LogP contribution in [0.1, 0.15) is 22.3 Å². The molecule has 0 unspecified atom stereocenters. The Labute approximate surface area is 141 Å². The van der Waals surface area contributed by atoms with E-state index in [1.54, 1.807) is 12.3 Å². The van der Waals surface area contributed by atoms with Crippen LogP contribution in [0.2, 0.25) is 0 Å². The van der Waals surface area contributed by atoms with Crippen LogP contribution in [0.5, 0.6) is 5.75 Å². The Morgan fingerprint density at radius 2 is 2.08 bits per heavy atom. The SMILES string of the molecule is Nc1ccc(O)cc1C(=O)N1CCCN(Cc2cccnc2)CC1. The number of carbonyl (C=O) groups is 1. The van der Waals surface area contributed by atoms with Crippen molar-refractivity contribution in [2.75, 3.05) is 31.9 Å². The van der Waals surface area contributed by atoms with E-state index in [2.05, 4.69) is 16.0 Å². The number of phenolic OH excluding ortho intramolecular Hbond substituents is 1. The van der Waals surface area contributed by atoms with Gasteiger partial charge in [-0.05, 0) is 36.2 Å². The number of aromatic hydroxyl groups is 1. The highest BCUT2D eigenvalue weighted by atomic mass is 16.3. The van der Waals surface area contributed by atoms with Crippen molar-refractivity contribution >= 4 is 11.6 Å². The Hall–Kier alpha value is -2.60. The van der Waals surface area contributed by atoms with Crippen molar-refractivity contribution in [1.29, 1.82) is 0 Å². The normalized spacial score (nSPS) is 15.9. The fourth-order valence-electron chi connectivity index (χ4n) is 2.98. The van der Waals surface area contributed by atoms with E-state index in [0.717, 1.165) is 26.1 Å². The number of hydrogen-bond acceptors (Lipinski definition) is 5. The van der Waals surface area contributed by atoms with Crippen molar-refractivity contribution < 1.29 is 9.90 Å². The number of phenols is 1. The van der Waals surface area contributed by atoms with Gasteiger partial charge in [-0.1, -0.05) is 6.07 Å². The highest BCUT2D eigenvalue weighted by Crippen LogP contribution is 2.21. The van der Waals surface area contributed by atoms with E-state index < -0.39 is 0 Å². The molecule has 2 aromatic rings. The zero-order valence-corrected chi connectivity index (χ0v) is 13.6. The number of pyridine rings is 1. The van der Waals surface area contributed by atoms with Crippen molar-refractivity contribution in [2.24, 2.45) is 0 Å². The summed E-state index contributed by atoms with van der Waals surface area (Å²) in [5.74, 6) is -0.0628. The maximum absolute atomic E-state index is 12.7. The number of aromatic nitrogens is 1. The standard InChI is InChI=1S/C18H22N4O2/c19-17-5-4-15(23)11-16(17)18(24)22-8-2-7-21(9-10-22)13-14-3-1-6-20-12-14/h1,3-6,11-12,23H,2,7-10,13,19H2. The summed E-state index contributed by atoms with van der Waals surface area (Å²) in [5, 5.41) is 9.61. The first-order valence-electron chi connectivity index (χ1n) is 8.12. The predicted octanol–water partition coefficient (Wildman–Crippen LogP) is 1.72. The molecule has 24 heavy (non-hydrogen) atoms. The number of hydrogen-bond donors (Lipinski definition) is 2. The predicted molar refractivity (Wildman–Crippen MR) is 92.6 cm³/mol. The van der Waals surface area contributed by atoms with Crippen LogP contribution in [0.3, 0.4) is 0 Å². The second kappa shape index (κ2) is 7.31. The van der Waals surface area contributed by atoms with E-state index >= 15 is 0 Å². The van der Waals surface area contributed by atoms with Crippen molar-refractivity contribution in [2.45, 2.75) is 13.0 Å². The number of nitrogens with two attached hydrogens (primary N) is 1. The van der Waals surface area contributed by atoms with Crippen molar-refractivity contribution in [3.8, 4) is 5.75 Å². The maximum atomic E-state index is 12.7. The van der Waals surface area contributed by atoms with Gasteiger partial charge in [0, 0.05) is 50.8 Å². The zero-order valence-electron chi connectivity index (χ0n) is 13.6. The molecule has 3 N–H and O–H groups in total. The molecular formula is C18H22N4O2. The van der Waals surface area contributed by atoms with E-state index in [0.29, 0.717) is 24.3 Å². The van der Waals surface area contributed by atoms with Gasteiger partial charge in [-0.2, -0.15) is 0 Å². The molecule has 0 aliphatic carbocycles. The average Bonchev–Trinajstić information content (AvgIpc) is 2.83. The minimum atomic E-state index is -0.119. The lowest BCUT2D eigenvalue weighted by molar-refractivity contribution is 0.0761. The number of nitrogen functional groups attached to an aromatic ring is 1. The van der Waals surface area contributed by atoms with Gasteiger partial charge in [-0.15, -0.1) is 0 Å². The van der Waals surface area contributed by atoms with Crippen LogP contribution >= 0.6 is 0 Å². The Balaban J connectivity index is 1.65. The highest BCUT2D eigenvalue weighted by molar-refractivity contribution is 5.99. The summed E-state index contributed by atoms with van der Waals surface area (Å²) in [6.45, 7) is 3.92. The van der Waals surface area contributed by atoms with Crippen LogP contribution in [-0.2, 0) is 6.54 Å². The van der Waals surface area contributed by atoms with Gasteiger partial charge in [-0.3, -0.25) is 14.7 Å². The van der Waals surface area contributed by atoms with Crippen molar-refractivity contribution in [3.05, 3.63) is 53.9 Å². The number of anilines is 1. The highest BCUT2D eigenvalue weighted by Gasteiger charge is 2.22. The summed E-state index contributed by atoms with van der Waals surface area (Å²) in [6.07, 6.45) is 4.55. The van der Waals surface area contributed by atoms with Crippen LogP contribution in [0.15, 0.2) is 42.7 Å². The number of nitrogens with zero attached hydrogens (tertiary/aromatic N) is 3. The first-order valence-corrected chi connectivity index (χ1v) is 8.12. The third-order valence-electron chi connectivity index (χ3n) is 4.27. The van der Waals surface area contributed by atoms with Crippen LogP contribution in [0.25, 0.3) is 0 Å². The molecule has 3 rings (SSSR count). The summed E-state index contributed by atoms with van der Waals surface area (Å²) in [5.41, 5.74) is 7.83. The van der Waals surface area contributed by atoms with Gasteiger partial charge in [0.2, 0.25) is 0 Å². The molecule has 1 amide bonds. The molecule has 1 aliphatic heterocycles. The minimum Gasteiger partial charge on any atom is -0.508 e. The Morgan fingerprint density at radius 1 is 1.21 bits per heavy atom. The molecule has 1 fully saturated rings. The van der Waals surface area contributed by atoms with E-state index in [4.69, 9.17) is 5.73 Å². The summed E-state index contributed by atoms with van der Waals surface area (Å²) >= 11 is 0. The van der Waals surface area contributed by atoms with Crippen LogP contribution in [-0.4, -0.2) is 52.0 Å². The molecule has 0 radical (unpaired) electrons. The third-order valence-corrected chi connectivity index (χ3v) is 4.27. The fourth-order valence-corrected chi connectivity index (χ4v) is 2.98. The molecule has 126 valence electrons. The second-order valence-corrected chi connectivity index (χ2v) is 6.05. The van der Waals surface area contributed by atoms with Gasteiger partial charge >= 0.3 is 0 Å². The van der Waals surface area contributed by atoms with Gasteiger partial charge in [0.25, 0.3) is 5.91 Å². The largest absolute Gasteiger partial charge is 0.508 e. The topological polar surface area (TPSA) is 82.7 Å². The van der Waals surface area contributed by atoms with Crippen molar-refractivity contribution in [1.82, 2.24) is 14.8 Å². The number of amides is 1. The van der Waals surface area contributed by atoms with Gasteiger partial charge in [-0.25, -0.2) is 0 Å². The van der Waals surface area contributed by atoms with E-state index in [9.17, 15) is 9.90 Å². The Kier molecular flexibility index (Phi) is 4.96. The molecular weight excluding hydrogens is 304 g/mol. The molecule has 0 saturated carbocycles. The lowest BCUT2D eigenvalue weighted by atomic mass is 10.1. The summed E-state index contributed by atoms with van der Waals surface area (Å²) in [4.78, 5) is 21.0. The van der Waals surface area contributed by atoms with Gasteiger partial charge in [0.05, 0.1) is 5.56 Å². The maximum Gasteiger partial charge on any atom is 0.256 e. The fraction of sp³-hybridized carbons (Fsp3) is 0.333. The van der Waals surface area contributed by atoms with E-state index in [1.165, 1.54) is 17.7 Å². The van der Waals surface area contributed by atoms with Gasteiger partial charge < -0.3 is 15.7 Å². The first kappa shape index (κ1) is 16.3. The molecule has 2 heterocycles. The molecule has 6 heteroatoms.